The van der Waals surface area contributed by atoms with Crippen molar-refractivity contribution in [2.75, 3.05) is 0 Å². The van der Waals surface area contributed by atoms with Crippen LogP contribution in [0.5, 0.6) is 0 Å². The maximum atomic E-state index is 13.0. The van der Waals surface area contributed by atoms with Crippen LogP contribution in [0.2, 0.25) is 5.02 Å². The van der Waals surface area contributed by atoms with Gasteiger partial charge in [-0.3, -0.25) is 9.59 Å². The summed E-state index contributed by atoms with van der Waals surface area (Å²) in [5.41, 5.74) is 1.86. The van der Waals surface area contributed by atoms with Gasteiger partial charge in [-0.1, -0.05) is 61.0 Å². The number of benzene rings is 2. The number of nitrogens with one attached hydrogen (secondary N) is 1. The van der Waals surface area contributed by atoms with Crippen molar-refractivity contribution >= 4 is 23.4 Å². The lowest BCUT2D eigenvalue weighted by Crippen LogP contribution is -2.49. The van der Waals surface area contributed by atoms with Crippen molar-refractivity contribution in [2.45, 2.75) is 52.2 Å². The van der Waals surface area contributed by atoms with Gasteiger partial charge in [0.1, 0.15) is 6.04 Å². The highest BCUT2D eigenvalue weighted by atomic mass is 35.5. The fourth-order valence-corrected chi connectivity index (χ4v) is 2.83. The van der Waals surface area contributed by atoms with E-state index in [1.54, 1.807) is 24.0 Å². The summed E-state index contributed by atoms with van der Waals surface area (Å²) in [6.45, 7) is 6.15. The minimum absolute atomic E-state index is 0.0740. The first-order valence-corrected chi connectivity index (χ1v) is 9.66. The van der Waals surface area contributed by atoms with Crippen LogP contribution in [0.25, 0.3) is 0 Å². The van der Waals surface area contributed by atoms with Crippen molar-refractivity contribution in [1.29, 1.82) is 0 Å². The third-order valence-corrected chi connectivity index (χ3v) is 4.88. The van der Waals surface area contributed by atoms with E-state index in [2.05, 4.69) is 5.32 Å². The Kier molecular flexibility index (Phi) is 7.86. The van der Waals surface area contributed by atoms with E-state index in [9.17, 15) is 9.59 Å². The fraction of sp³-hybridized carbons (Fsp3) is 0.364. The standard InChI is InChI=1S/C22H27ClN2O2/c1-4-16(2)24-22(27)17(3)25(15-19-8-6-5-7-9-19)21(26)14-18-10-12-20(23)13-11-18/h5-13,16-17H,4,14-15H2,1-3H3,(H,24,27)/t16-,17-/m0/s1. The van der Waals surface area contributed by atoms with Gasteiger partial charge in [0, 0.05) is 17.6 Å². The Balaban J connectivity index is 2.18. The molecule has 2 amide bonds. The second-order valence-electron chi connectivity index (χ2n) is 6.80. The number of halogens is 1. The highest BCUT2D eigenvalue weighted by molar-refractivity contribution is 6.30. The molecule has 0 heterocycles. The molecule has 2 aromatic rings. The third-order valence-electron chi connectivity index (χ3n) is 4.63. The molecule has 144 valence electrons. The predicted molar refractivity (Wildman–Crippen MR) is 110 cm³/mol. The van der Waals surface area contributed by atoms with Crippen LogP contribution in [0.15, 0.2) is 54.6 Å². The van der Waals surface area contributed by atoms with Crippen molar-refractivity contribution in [2.24, 2.45) is 0 Å². The van der Waals surface area contributed by atoms with E-state index in [0.717, 1.165) is 17.5 Å². The van der Waals surface area contributed by atoms with E-state index in [-0.39, 0.29) is 24.3 Å². The Morgan fingerprint density at radius 1 is 1.00 bits per heavy atom. The lowest BCUT2D eigenvalue weighted by Gasteiger charge is -2.29. The largest absolute Gasteiger partial charge is 0.352 e. The van der Waals surface area contributed by atoms with Gasteiger partial charge in [-0.15, -0.1) is 0 Å². The molecule has 0 fully saturated rings. The molecule has 2 aromatic carbocycles. The topological polar surface area (TPSA) is 49.4 Å². The Morgan fingerprint density at radius 3 is 2.22 bits per heavy atom. The molecule has 2 rings (SSSR count). The zero-order chi connectivity index (χ0) is 19.8. The van der Waals surface area contributed by atoms with E-state index in [0.29, 0.717) is 11.6 Å². The number of nitrogens with zero attached hydrogens (tertiary/aromatic N) is 1. The highest BCUT2D eigenvalue weighted by Gasteiger charge is 2.26. The summed E-state index contributed by atoms with van der Waals surface area (Å²) in [6, 6.07) is 16.4. The third kappa shape index (κ3) is 6.40. The second kappa shape index (κ2) is 10.1. The molecule has 0 aliphatic heterocycles. The minimum atomic E-state index is -0.556. The molecular weight excluding hydrogens is 360 g/mol. The van der Waals surface area contributed by atoms with Gasteiger partial charge >= 0.3 is 0 Å². The second-order valence-corrected chi connectivity index (χ2v) is 7.24. The van der Waals surface area contributed by atoms with E-state index in [1.165, 1.54) is 0 Å². The summed E-state index contributed by atoms with van der Waals surface area (Å²) in [6.07, 6.45) is 1.07. The van der Waals surface area contributed by atoms with Gasteiger partial charge in [0.25, 0.3) is 0 Å². The van der Waals surface area contributed by atoms with Crippen molar-refractivity contribution in [3.05, 3.63) is 70.7 Å². The number of hydrogen-bond donors (Lipinski definition) is 1. The van der Waals surface area contributed by atoms with Gasteiger partial charge < -0.3 is 10.2 Å². The molecule has 0 unspecified atom stereocenters. The maximum absolute atomic E-state index is 13.0. The normalized spacial score (nSPS) is 12.9. The average molecular weight is 387 g/mol. The lowest BCUT2D eigenvalue weighted by molar-refractivity contribution is -0.140. The van der Waals surface area contributed by atoms with Gasteiger partial charge in [-0.25, -0.2) is 0 Å². The summed E-state index contributed by atoms with van der Waals surface area (Å²) in [5.74, 6) is -0.224. The molecular formula is C22H27ClN2O2. The summed E-state index contributed by atoms with van der Waals surface area (Å²) in [5, 5.41) is 3.60. The summed E-state index contributed by atoms with van der Waals surface area (Å²) in [7, 11) is 0. The molecule has 5 heteroatoms. The number of amides is 2. The van der Waals surface area contributed by atoms with Crippen LogP contribution in [0.1, 0.15) is 38.3 Å². The molecule has 0 radical (unpaired) electrons. The molecule has 27 heavy (non-hydrogen) atoms. The monoisotopic (exact) mass is 386 g/mol. The van der Waals surface area contributed by atoms with Crippen LogP contribution in [0, 0.1) is 0 Å². The summed E-state index contributed by atoms with van der Waals surface area (Å²) < 4.78 is 0. The van der Waals surface area contributed by atoms with E-state index < -0.39 is 6.04 Å². The van der Waals surface area contributed by atoms with Crippen molar-refractivity contribution in [3.8, 4) is 0 Å². The Hall–Kier alpha value is -2.33. The molecule has 0 aliphatic rings. The van der Waals surface area contributed by atoms with Crippen molar-refractivity contribution in [3.63, 3.8) is 0 Å². The van der Waals surface area contributed by atoms with Crippen LogP contribution in [0.3, 0.4) is 0 Å². The zero-order valence-electron chi connectivity index (χ0n) is 16.1. The average Bonchev–Trinajstić information content (AvgIpc) is 2.67. The number of carbonyl (C=O) groups excluding carboxylic acids is 2. The van der Waals surface area contributed by atoms with E-state index >= 15 is 0 Å². The molecule has 0 saturated carbocycles. The Morgan fingerprint density at radius 2 is 1.63 bits per heavy atom. The number of rotatable bonds is 8. The zero-order valence-corrected chi connectivity index (χ0v) is 16.9. The van der Waals surface area contributed by atoms with Crippen LogP contribution >= 0.6 is 11.6 Å². The van der Waals surface area contributed by atoms with Crippen LogP contribution < -0.4 is 5.32 Å². The molecule has 0 aromatic heterocycles. The highest BCUT2D eigenvalue weighted by Crippen LogP contribution is 2.14. The lowest BCUT2D eigenvalue weighted by atomic mass is 10.1. The fourth-order valence-electron chi connectivity index (χ4n) is 2.71. The van der Waals surface area contributed by atoms with Gasteiger partial charge in [0.2, 0.25) is 11.8 Å². The minimum Gasteiger partial charge on any atom is -0.352 e. The summed E-state index contributed by atoms with van der Waals surface area (Å²) >= 11 is 5.92. The first kappa shape index (κ1) is 21.0. The van der Waals surface area contributed by atoms with Crippen molar-refractivity contribution < 1.29 is 9.59 Å². The van der Waals surface area contributed by atoms with Crippen LogP contribution in [-0.2, 0) is 22.6 Å². The maximum Gasteiger partial charge on any atom is 0.242 e. The molecule has 1 N–H and O–H groups in total. The molecule has 2 atom stereocenters. The van der Waals surface area contributed by atoms with E-state index in [4.69, 9.17) is 11.6 Å². The van der Waals surface area contributed by atoms with Crippen LogP contribution in [0.4, 0.5) is 0 Å². The SMILES string of the molecule is CC[C@H](C)NC(=O)[C@H](C)N(Cc1ccccc1)C(=O)Cc1ccc(Cl)cc1. The molecule has 4 nitrogen and oxygen atoms in total. The quantitative estimate of drug-likeness (QED) is 0.738. The first-order chi connectivity index (χ1) is 12.9. The smallest absolute Gasteiger partial charge is 0.242 e. The summed E-state index contributed by atoms with van der Waals surface area (Å²) in [4.78, 5) is 27.3. The van der Waals surface area contributed by atoms with Gasteiger partial charge in [-0.2, -0.15) is 0 Å². The van der Waals surface area contributed by atoms with Crippen LogP contribution in [-0.4, -0.2) is 28.8 Å². The van der Waals surface area contributed by atoms with Gasteiger partial charge in [0.05, 0.1) is 6.42 Å². The first-order valence-electron chi connectivity index (χ1n) is 9.29. The molecule has 0 bridgehead atoms. The predicted octanol–water partition coefficient (Wildman–Crippen LogP) is 4.21. The number of carbonyl (C=O) groups is 2. The number of hydrogen-bond acceptors (Lipinski definition) is 2. The molecule has 0 spiro atoms. The van der Waals surface area contributed by atoms with Crippen molar-refractivity contribution in [1.82, 2.24) is 10.2 Å². The van der Waals surface area contributed by atoms with Gasteiger partial charge in [-0.05, 0) is 43.5 Å². The Bertz CT molecular complexity index is 747. The molecule has 0 saturated heterocycles. The Labute approximate surface area is 166 Å². The van der Waals surface area contributed by atoms with Gasteiger partial charge in [0.15, 0.2) is 0 Å². The van der Waals surface area contributed by atoms with E-state index in [1.807, 2.05) is 56.3 Å². The molecule has 0 aliphatic carbocycles.